The van der Waals surface area contributed by atoms with Gasteiger partial charge in [-0.1, -0.05) is 0 Å². The molecule has 1 aromatic rings. The molecular weight excluding hydrogens is 352 g/mol. The van der Waals surface area contributed by atoms with E-state index in [9.17, 15) is 0 Å². The summed E-state index contributed by atoms with van der Waals surface area (Å²) in [6, 6.07) is 10.1. The zero-order chi connectivity index (χ0) is 5.11. The Kier molecular flexibility index (Phi) is 4.93. The molecule has 0 fully saturated rings. The molecule has 0 saturated heterocycles. The van der Waals surface area contributed by atoms with Crippen molar-refractivity contribution in [3.8, 4) is 0 Å². The Balaban J connectivity index is 0.000000490. The van der Waals surface area contributed by atoms with Gasteiger partial charge in [0, 0.05) is 0 Å². The van der Waals surface area contributed by atoms with Gasteiger partial charge >= 0.3 is 78.5 Å². The van der Waals surface area contributed by atoms with Crippen molar-refractivity contribution in [3.05, 3.63) is 30.3 Å². The van der Waals surface area contributed by atoms with Crippen molar-refractivity contribution >= 4 is 20.5 Å². The van der Waals surface area contributed by atoms with Crippen molar-refractivity contribution in [2.75, 3.05) is 0 Å². The molecule has 0 nitrogen and oxygen atoms in total. The molecule has 2 heteroatoms. The Morgan fingerprint density at radius 1 is 1.00 bits per heavy atom. The second kappa shape index (κ2) is 4.54. The third-order valence-corrected chi connectivity index (χ3v) is 1.31. The van der Waals surface area contributed by atoms with Crippen LogP contribution in [0, 0.1) is 0 Å². The fourth-order valence-electron chi connectivity index (χ4n) is 0.420. The van der Waals surface area contributed by atoms with E-state index in [0.717, 1.165) is 0 Å². The minimum atomic E-state index is 0. The molecule has 0 aliphatic heterocycles. The van der Waals surface area contributed by atoms with Crippen LogP contribution in [0.25, 0.3) is 0 Å². The Hall–Kier alpha value is 0.675. The van der Waals surface area contributed by atoms with Crippen LogP contribution in [0.5, 0.6) is 0 Å². The molecular formula is C6H5HgSe. The predicted molar refractivity (Wildman–Crippen MR) is 31.8 cm³/mol. The topological polar surface area (TPSA) is 0 Å². The molecule has 0 saturated carbocycles. The minimum absolute atomic E-state index is 0. The summed E-state index contributed by atoms with van der Waals surface area (Å²) in [5.74, 6) is 0. The number of hydrogen-bond acceptors (Lipinski definition) is 0. The van der Waals surface area contributed by atoms with Crippen molar-refractivity contribution in [2.24, 2.45) is 0 Å². The van der Waals surface area contributed by atoms with Crippen molar-refractivity contribution in [3.63, 3.8) is 0 Å². The van der Waals surface area contributed by atoms with E-state index < -0.39 is 0 Å². The van der Waals surface area contributed by atoms with E-state index in [1.165, 1.54) is 4.46 Å². The van der Waals surface area contributed by atoms with Gasteiger partial charge in [-0.25, -0.2) is 0 Å². The van der Waals surface area contributed by atoms with E-state index >= 15 is 0 Å². The van der Waals surface area contributed by atoms with Gasteiger partial charge in [0.15, 0.2) is 0 Å². The molecule has 0 aromatic heterocycles. The average molecular weight is 357 g/mol. The first-order valence-electron chi connectivity index (χ1n) is 2.11. The molecule has 0 spiro atoms. The molecule has 0 bridgehead atoms. The second-order valence-corrected chi connectivity index (χ2v) is 2.30. The Morgan fingerprint density at radius 3 is 1.75 bits per heavy atom. The summed E-state index contributed by atoms with van der Waals surface area (Å²) in [6.45, 7) is 0. The van der Waals surface area contributed by atoms with Gasteiger partial charge < -0.3 is 0 Å². The standard InChI is InChI=1S/C6H6Se.Hg/c7-6-4-2-1-3-5-6;/h1-5,7H;/q;+1/p-1. The van der Waals surface area contributed by atoms with Gasteiger partial charge in [0.2, 0.25) is 0 Å². The van der Waals surface area contributed by atoms with E-state index in [4.69, 9.17) is 0 Å². The van der Waals surface area contributed by atoms with Crippen molar-refractivity contribution in [1.29, 1.82) is 0 Å². The zero-order valence-electron chi connectivity index (χ0n) is 4.50. The summed E-state index contributed by atoms with van der Waals surface area (Å²) < 4.78 is 1.20. The van der Waals surface area contributed by atoms with Crippen LogP contribution in [0.3, 0.4) is 0 Å². The normalized spacial score (nSPS) is 7.50. The SMILES string of the molecule is [Hg+].[Se-]c1ccccc1. The molecule has 1 aromatic carbocycles. The van der Waals surface area contributed by atoms with Crippen molar-refractivity contribution in [1.82, 2.24) is 0 Å². The van der Waals surface area contributed by atoms with Gasteiger partial charge in [-0.05, 0) is 0 Å². The second-order valence-electron chi connectivity index (χ2n) is 1.31. The Labute approximate surface area is 78.0 Å². The van der Waals surface area contributed by atoms with E-state index in [2.05, 4.69) is 16.0 Å². The van der Waals surface area contributed by atoms with Crippen molar-refractivity contribution in [2.45, 2.75) is 0 Å². The Morgan fingerprint density at radius 2 is 1.50 bits per heavy atom. The molecule has 0 aliphatic rings. The molecule has 0 N–H and O–H groups in total. The van der Waals surface area contributed by atoms with Crippen LogP contribution in [0.2, 0.25) is 0 Å². The summed E-state index contributed by atoms with van der Waals surface area (Å²) in [5.41, 5.74) is 0. The van der Waals surface area contributed by atoms with Crippen LogP contribution in [0.1, 0.15) is 0 Å². The third-order valence-electron chi connectivity index (χ3n) is 0.743. The molecule has 0 heterocycles. The van der Waals surface area contributed by atoms with Crippen LogP contribution < -0.4 is 4.46 Å². The van der Waals surface area contributed by atoms with Gasteiger partial charge in [-0.15, -0.1) is 0 Å². The first kappa shape index (κ1) is 8.67. The molecule has 1 rings (SSSR count). The number of hydrogen-bond donors (Lipinski definition) is 0. The first-order chi connectivity index (χ1) is 3.39. The fraction of sp³-hybridized carbons (Fsp3) is 0. The molecule has 0 aliphatic carbocycles. The van der Waals surface area contributed by atoms with Gasteiger partial charge in [-0.2, -0.15) is 0 Å². The predicted octanol–water partition coefficient (Wildman–Crippen LogP) is 0.478. The molecule has 0 unspecified atom stereocenters. The maximum absolute atomic E-state index is 2.90. The van der Waals surface area contributed by atoms with Crippen LogP contribution >= 0.6 is 0 Å². The van der Waals surface area contributed by atoms with Gasteiger partial charge in [-0.3, -0.25) is 0 Å². The van der Waals surface area contributed by atoms with Crippen LogP contribution in [0.4, 0.5) is 0 Å². The quantitative estimate of drug-likeness (QED) is 0.593. The van der Waals surface area contributed by atoms with E-state index in [-0.39, 0.29) is 27.7 Å². The zero-order valence-corrected chi connectivity index (χ0v) is 11.7. The number of benzene rings is 1. The molecule has 0 amide bonds. The van der Waals surface area contributed by atoms with Crippen molar-refractivity contribution < 1.29 is 27.7 Å². The van der Waals surface area contributed by atoms with Crippen LogP contribution in [-0.2, 0) is 27.7 Å². The first-order valence-corrected chi connectivity index (χ1v) is 2.97. The molecule has 8 heavy (non-hydrogen) atoms. The summed E-state index contributed by atoms with van der Waals surface area (Å²) >= 11 is 2.90. The average Bonchev–Trinajstić information content (AvgIpc) is 1.69. The molecule has 1 radical (unpaired) electrons. The monoisotopic (exact) mass is 359 g/mol. The third kappa shape index (κ3) is 2.86. The van der Waals surface area contributed by atoms with E-state index in [1.807, 2.05) is 30.3 Å². The summed E-state index contributed by atoms with van der Waals surface area (Å²) in [6.07, 6.45) is 0. The summed E-state index contributed by atoms with van der Waals surface area (Å²) in [4.78, 5) is 0. The van der Waals surface area contributed by atoms with E-state index in [1.54, 1.807) is 0 Å². The fourth-order valence-corrected chi connectivity index (χ4v) is 0.750. The van der Waals surface area contributed by atoms with Gasteiger partial charge in [0.25, 0.3) is 0 Å². The van der Waals surface area contributed by atoms with E-state index in [0.29, 0.717) is 0 Å². The summed E-state index contributed by atoms with van der Waals surface area (Å²) in [7, 11) is 0. The molecule has 0 atom stereocenters. The summed E-state index contributed by atoms with van der Waals surface area (Å²) in [5, 5.41) is 0. The molecule has 37 valence electrons. The Bertz CT molecular complexity index is 138. The van der Waals surface area contributed by atoms with Crippen LogP contribution in [0.15, 0.2) is 30.3 Å². The number of rotatable bonds is 0. The van der Waals surface area contributed by atoms with Crippen LogP contribution in [-0.4, -0.2) is 16.0 Å². The maximum atomic E-state index is 2.90. The van der Waals surface area contributed by atoms with Gasteiger partial charge in [0.05, 0.1) is 0 Å². The van der Waals surface area contributed by atoms with Gasteiger partial charge in [0.1, 0.15) is 0 Å².